The molecule has 108 valence electrons. The Morgan fingerprint density at radius 2 is 2.10 bits per heavy atom. The van der Waals surface area contributed by atoms with Crippen LogP contribution in [0.15, 0.2) is 22.9 Å². The van der Waals surface area contributed by atoms with Gasteiger partial charge in [0, 0.05) is 6.08 Å². The minimum Gasteiger partial charge on any atom is -0.477 e. The molecule has 4 N–H and O–H groups in total. The van der Waals surface area contributed by atoms with Crippen LogP contribution >= 0.6 is 0 Å². The van der Waals surface area contributed by atoms with E-state index in [1.807, 2.05) is 0 Å². The summed E-state index contributed by atoms with van der Waals surface area (Å²) in [6, 6.07) is -0.361. The summed E-state index contributed by atoms with van der Waals surface area (Å²) in [6.45, 7) is 3.08. The van der Waals surface area contributed by atoms with E-state index in [9.17, 15) is 24.6 Å². The first-order valence-electron chi connectivity index (χ1n) is 6.21. The second-order valence-electron chi connectivity index (χ2n) is 5.11. The van der Waals surface area contributed by atoms with Crippen LogP contribution in [0.4, 0.5) is 0 Å². The number of carboxylic acid groups (broad SMARTS) is 1. The van der Waals surface area contributed by atoms with Gasteiger partial charge in [0.25, 0.3) is 0 Å². The van der Waals surface area contributed by atoms with Crippen molar-refractivity contribution >= 4 is 17.8 Å². The number of hydrogen-bond donors (Lipinski definition) is 3. The Bertz CT molecular complexity index is 561. The average molecular weight is 280 g/mol. The minimum absolute atomic E-state index is 0.119. The standard InChI is InChI=1S/C13H16N2O5/c1-5(3-9(14)17)7-4-8-10(6(2)16)12(18)15(8)11(7)13(19)20/h3,6,8,10,16H,4H2,1-2H3,(H2,14,17)(H,19,20)/t6-,8-,10-/m1/s1. The monoisotopic (exact) mass is 280 g/mol. The lowest BCUT2D eigenvalue weighted by Crippen LogP contribution is -2.61. The summed E-state index contributed by atoms with van der Waals surface area (Å²) in [5.41, 5.74) is 5.79. The number of aliphatic carboxylic acids is 1. The Morgan fingerprint density at radius 1 is 1.50 bits per heavy atom. The minimum atomic E-state index is -1.22. The van der Waals surface area contributed by atoms with Gasteiger partial charge in [-0.25, -0.2) is 4.79 Å². The van der Waals surface area contributed by atoms with E-state index >= 15 is 0 Å². The number of hydrogen-bond acceptors (Lipinski definition) is 4. The number of amides is 2. The van der Waals surface area contributed by atoms with E-state index in [1.165, 1.54) is 11.8 Å². The van der Waals surface area contributed by atoms with Crippen LogP contribution in [0.25, 0.3) is 0 Å². The van der Waals surface area contributed by atoms with Crippen molar-refractivity contribution in [2.24, 2.45) is 11.7 Å². The maximum absolute atomic E-state index is 11.9. The van der Waals surface area contributed by atoms with Crippen LogP contribution < -0.4 is 5.73 Å². The van der Waals surface area contributed by atoms with E-state index in [-0.39, 0.29) is 11.7 Å². The van der Waals surface area contributed by atoms with E-state index in [0.29, 0.717) is 17.6 Å². The van der Waals surface area contributed by atoms with Crippen molar-refractivity contribution < 1.29 is 24.6 Å². The van der Waals surface area contributed by atoms with Crippen LogP contribution in [0.1, 0.15) is 20.3 Å². The predicted octanol–water partition coefficient (Wildman–Crippen LogP) is -0.632. The van der Waals surface area contributed by atoms with Crippen molar-refractivity contribution in [2.75, 3.05) is 0 Å². The highest BCUT2D eigenvalue weighted by Crippen LogP contribution is 2.45. The molecule has 7 heteroatoms. The number of carbonyl (C=O) groups excluding carboxylic acids is 2. The number of nitrogens with two attached hydrogens (primary N) is 1. The quantitative estimate of drug-likeness (QED) is 0.467. The van der Waals surface area contributed by atoms with Crippen LogP contribution in [0.5, 0.6) is 0 Å². The van der Waals surface area contributed by atoms with Gasteiger partial charge < -0.3 is 20.8 Å². The second kappa shape index (κ2) is 4.75. The fourth-order valence-electron chi connectivity index (χ4n) is 2.92. The van der Waals surface area contributed by atoms with Gasteiger partial charge in [-0.3, -0.25) is 9.59 Å². The van der Waals surface area contributed by atoms with E-state index in [1.54, 1.807) is 6.92 Å². The number of nitrogens with zero attached hydrogens (tertiary/aromatic N) is 1. The molecule has 0 radical (unpaired) electrons. The largest absolute Gasteiger partial charge is 0.477 e. The number of primary amides is 1. The van der Waals surface area contributed by atoms with Crippen LogP contribution in [-0.4, -0.2) is 45.0 Å². The Kier molecular flexibility index (Phi) is 3.39. The van der Waals surface area contributed by atoms with Crippen molar-refractivity contribution in [2.45, 2.75) is 32.4 Å². The van der Waals surface area contributed by atoms with Crippen LogP contribution in [0, 0.1) is 5.92 Å². The molecule has 0 aromatic heterocycles. The predicted molar refractivity (Wildman–Crippen MR) is 68.0 cm³/mol. The third-order valence-corrected chi connectivity index (χ3v) is 3.77. The Balaban J connectivity index is 2.40. The molecular weight excluding hydrogens is 264 g/mol. The maximum Gasteiger partial charge on any atom is 0.352 e. The van der Waals surface area contributed by atoms with Crippen LogP contribution in [-0.2, 0) is 14.4 Å². The highest BCUT2D eigenvalue weighted by Gasteiger charge is 2.56. The molecule has 0 saturated carbocycles. The molecule has 7 nitrogen and oxygen atoms in total. The van der Waals surface area contributed by atoms with Gasteiger partial charge in [-0.1, -0.05) is 0 Å². The van der Waals surface area contributed by atoms with Crippen molar-refractivity contribution in [3.05, 3.63) is 22.9 Å². The summed E-state index contributed by atoms with van der Waals surface area (Å²) in [5, 5.41) is 18.9. The van der Waals surface area contributed by atoms with Gasteiger partial charge in [-0.15, -0.1) is 0 Å². The Hall–Kier alpha value is -2.15. The molecule has 1 fully saturated rings. The third kappa shape index (κ3) is 2.00. The Labute approximate surface area is 115 Å². The molecule has 0 aromatic rings. The number of rotatable bonds is 4. The first kappa shape index (κ1) is 14.3. The van der Waals surface area contributed by atoms with Crippen LogP contribution in [0.3, 0.4) is 0 Å². The molecule has 0 bridgehead atoms. The molecule has 2 aliphatic heterocycles. The lowest BCUT2D eigenvalue weighted by atomic mass is 9.82. The molecule has 2 heterocycles. The number of β-lactam (4-membered cyclic amide) rings is 1. The molecule has 0 aliphatic carbocycles. The molecule has 3 atom stereocenters. The molecule has 1 saturated heterocycles. The van der Waals surface area contributed by atoms with Crippen molar-refractivity contribution in [3.63, 3.8) is 0 Å². The van der Waals surface area contributed by atoms with Gasteiger partial charge >= 0.3 is 5.97 Å². The van der Waals surface area contributed by atoms with Crippen LogP contribution in [0.2, 0.25) is 0 Å². The summed E-state index contributed by atoms with van der Waals surface area (Å²) in [4.78, 5) is 35.4. The zero-order valence-electron chi connectivity index (χ0n) is 11.2. The summed E-state index contributed by atoms with van der Waals surface area (Å²) in [7, 11) is 0. The zero-order chi connectivity index (χ0) is 15.2. The third-order valence-electron chi connectivity index (χ3n) is 3.77. The number of carboxylic acids is 1. The molecule has 0 spiro atoms. The number of aliphatic hydroxyl groups excluding tert-OH is 1. The topological polar surface area (TPSA) is 121 Å². The van der Waals surface area contributed by atoms with Gasteiger partial charge in [0.1, 0.15) is 5.70 Å². The van der Waals surface area contributed by atoms with Gasteiger partial charge in [0.15, 0.2) is 0 Å². The average Bonchev–Trinajstić information content (AvgIpc) is 2.62. The zero-order valence-corrected chi connectivity index (χ0v) is 11.2. The first-order chi connectivity index (χ1) is 9.25. The fraction of sp³-hybridized carbons (Fsp3) is 0.462. The van der Waals surface area contributed by atoms with E-state index < -0.39 is 29.8 Å². The lowest BCUT2D eigenvalue weighted by Gasteiger charge is -2.44. The molecule has 2 aliphatic rings. The van der Waals surface area contributed by atoms with Gasteiger partial charge in [-0.2, -0.15) is 0 Å². The molecule has 0 unspecified atom stereocenters. The number of fused-ring (bicyclic) bond motifs is 1. The molecule has 2 amide bonds. The number of carbonyl (C=O) groups is 3. The fourth-order valence-corrected chi connectivity index (χ4v) is 2.92. The van der Waals surface area contributed by atoms with Crippen molar-refractivity contribution in [1.82, 2.24) is 4.90 Å². The first-order valence-corrected chi connectivity index (χ1v) is 6.21. The molecule has 2 rings (SSSR count). The van der Waals surface area contributed by atoms with Crippen molar-refractivity contribution in [1.29, 1.82) is 0 Å². The summed E-state index contributed by atoms with van der Waals surface area (Å²) in [6.07, 6.45) is 0.614. The smallest absolute Gasteiger partial charge is 0.352 e. The Morgan fingerprint density at radius 3 is 2.55 bits per heavy atom. The number of aliphatic hydroxyl groups is 1. The van der Waals surface area contributed by atoms with Crippen molar-refractivity contribution in [3.8, 4) is 0 Å². The highest BCUT2D eigenvalue weighted by atomic mass is 16.4. The summed E-state index contributed by atoms with van der Waals surface area (Å²) < 4.78 is 0. The SMILES string of the molecule is CC(=CC(N)=O)C1=C(C(=O)O)N2C(=O)[C@H]([C@@H](C)O)[C@H]2C1. The number of allylic oxidation sites excluding steroid dienone is 1. The lowest BCUT2D eigenvalue weighted by molar-refractivity contribution is -0.161. The molecular formula is C13H16N2O5. The highest BCUT2D eigenvalue weighted by molar-refractivity contribution is 6.00. The van der Waals surface area contributed by atoms with Gasteiger partial charge in [0.2, 0.25) is 11.8 Å². The molecule has 0 aromatic carbocycles. The summed E-state index contributed by atoms with van der Waals surface area (Å²) >= 11 is 0. The van der Waals surface area contributed by atoms with E-state index in [2.05, 4.69) is 0 Å². The second-order valence-corrected chi connectivity index (χ2v) is 5.11. The van der Waals surface area contributed by atoms with Gasteiger partial charge in [0.05, 0.1) is 18.1 Å². The van der Waals surface area contributed by atoms with E-state index in [4.69, 9.17) is 5.73 Å². The van der Waals surface area contributed by atoms with Gasteiger partial charge in [-0.05, 0) is 31.4 Å². The van der Waals surface area contributed by atoms with E-state index in [0.717, 1.165) is 6.08 Å². The summed E-state index contributed by atoms with van der Waals surface area (Å²) in [5.74, 6) is -2.89. The molecule has 20 heavy (non-hydrogen) atoms. The normalized spacial score (nSPS) is 27.2. The maximum atomic E-state index is 11.9.